The molecule has 3 rings (SSSR count). The molecule has 0 fully saturated rings. The van der Waals surface area contributed by atoms with Crippen LogP contribution in [-0.2, 0) is 6.61 Å². The smallest absolute Gasteiger partial charge is 0.216 e. The highest BCUT2D eigenvalue weighted by atomic mass is 32.1. The van der Waals surface area contributed by atoms with Crippen LogP contribution in [0.5, 0.6) is 11.5 Å². The van der Waals surface area contributed by atoms with E-state index in [1.54, 1.807) is 30.5 Å². The zero-order valence-corrected chi connectivity index (χ0v) is 15.4. The summed E-state index contributed by atoms with van der Waals surface area (Å²) in [4.78, 5) is 0. The van der Waals surface area contributed by atoms with Gasteiger partial charge in [0.2, 0.25) is 4.77 Å². The fraction of sp³-hybridized carbons (Fsp3) is 0.211. The van der Waals surface area contributed by atoms with E-state index in [1.807, 2.05) is 12.1 Å². The van der Waals surface area contributed by atoms with E-state index in [2.05, 4.69) is 41.3 Å². The molecular weight excluding hydrogens is 348 g/mol. The fourth-order valence-electron chi connectivity index (χ4n) is 2.32. The summed E-state index contributed by atoms with van der Waals surface area (Å²) in [6.45, 7) is 4.54. The predicted octanol–water partition coefficient (Wildman–Crippen LogP) is 4.23. The van der Waals surface area contributed by atoms with Crippen molar-refractivity contribution >= 4 is 18.4 Å². The van der Waals surface area contributed by atoms with Gasteiger partial charge in [0.15, 0.2) is 5.82 Å². The molecule has 3 aromatic rings. The molecule has 134 valence electrons. The SMILES string of the molecule is CC(C)c1ccc(OCc2n[nH]c(=S)n2/N=C/c2ccc(O)cc2)cc1. The third kappa shape index (κ3) is 4.37. The molecular formula is C19H20N4O2S. The first kappa shape index (κ1) is 17.9. The van der Waals surface area contributed by atoms with Gasteiger partial charge >= 0.3 is 0 Å². The number of H-pyrrole nitrogens is 1. The maximum atomic E-state index is 9.32. The van der Waals surface area contributed by atoms with E-state index in [-0.39, 0.29) is 12.4 Å². The average molecular weight is 368 g/mol. The van der Waals surface area contributed by atoms with Crippen LogP contribution in [0.1, 0.15) is 36.7 Å². The van der Waals surface area contributed by atoms with E-state index < -0.39 is 0 Å². The summed E-state index contributed by atoms with van der Waals surface area (Å²) in [5, 5.41) is 20.6. The second-order valence-electron chi connectivity index (χ2n) is 6.11. The maximum Gasteiger partial charge on any atom is 0.216 e. The molecule has 0 bridgehead atoms. The Bertz CT molecular complexity index is 941. The molecule has 6 nitrogen and oxygen atoms in total. The summed E-state index contributed by atoms with van der Waals surface area (Å²) < 4.78 is 7.69. The number of phenolic OH excluding ortho intramolecular Hbond substituents is 1. The Balaban J connectivity index is 1.71. The minimum atomic E-state index is 0.208. The van der Waals surface area contributed by atoms with Crippen LogP contribution in [0.3, 0.4) is 0 Å². The Kier molecular flexibility index (Phi) is 5.48. The second kappa shape index (κ2) is 7.97. The lowest BCUT2D eigenvalue weighted by Crippen LogP contribution is -2.04. The lowest BCUT2D eigenvalue weighted by molar-refractivity contribution is 0.290. The van der Waals surface area contributed by atoms with Crippen molar-refractivity contribution in [1.29, 1.82) is 0 Å². The summed E-state index contributed by atoms with van der Waals surface area (Å²) in [7, 11) is 0. The number of nitrogens with one attached hydrogen (secondary N) is 1. The molecule has 0 spiro atoms. The third-order valence-corrected chi connectivity index (χ3v) is 4.11. The molecule has 0 aliphatic carbocycles. The number of aromatic amines is 1. The van der Waals surface area contributed by atoms with Crippen LogP contribution in [-0.4, -0.2) is 26.2 Å². The van der Waals surface area contributed by atoms with Crippen LogP contribution < -0.4 is 4.74 Å². The van der Waals surface area contributed by atoms with Crippen molar-refractivity contribution in [2.24, 2.45) is 5.10 Å². The number of phenols is 1. The van der Waals surface area contributed by atoms with Crippen LogP contribution in [0.2, 0.25) is 0 Å². The number of ether oxygens (including phenoxy) is 1. The van der Waals surface area contributed by atoms with Crippen LogP contribution in [0, 0.1) is 4.77 Å². The van der Waals surface area contributed by atoms with E-state index in [1.165, 1.54) is 10.2 Å². The molecule has 0 saturated heterocycles. The normalized spacial score (nSPS) is 11.3. The van der Waals surface area contributed by atoms with Gasteiger partial charge in [0.05, 0.1) is 6.21 Å². The van der Waals surface area contributed by atoms with Crippen LogP contribution >= 0.6 is 12.2 Å². The molecule has 26 heavy (non-hydrogen) atoms. The largest absolute Gasteiger partial charge is 0.508 e. The summed E-state index contributed by atoms with van der Waals surface area (Å²) >= 11 is 5.22. The van der Waals surface area contributed by atoms with Crippen LogP contribution in [0.15, 0.2) is 53.6 Å². The zero-order chi connectivity index (χ0) is 18.5. The minimum absolute atomic E-state index is 0.208. The van der Waals surface area contributed by atoms with Crippen molar-refractivity contribution in [2.75, 3.05) is 0 Å². The van der Waals surface area contributed by atoms with Gasteiger partial charge in [-0.2, -0.15) is 14.9 Å². The molecule has 1 aromatic heterocycles. The standard InChI is InChI=1S/C19H20N4O2S/c1-13(2)15-5-9-17(10-6-15)25-12-18-21-22-19(26)23(18)20-11-14-3-7-16(24)8-4-14/h3-11,13,24H,12H2,1-2H3,(H,22,26)/b20-11+. The first-order valence-electron chi connectivity index (χ1n) is 8.25. The number of hydrogen-bond acceptors (Lipinski definition) is 5. The number of aromatic hydroxyl groups is 1. The number of hydrogen-bond donors (Lipinski definition) is 2. The van der Waals surface area contributed by atoms with Gasteiger partial charge in [-0.05, 0) is 65.7 Å². The van der Waals surface area contributed by atoms with Crippen molar-refractivity contribution in [3.05, 3.63) is 70.3 Å². The monoisotopic (exact) mass is 368 g/mol. The minimum Gasteiger partial charge on any atom is -0.508 e. The molecule has 2 N–H and O–H groups in total. The Hall–Kier alpha value is -2.93. The first-order chi connectivity index (χ1) is 12.5. The Morgan fingerprint density at radius 3 is 2.54 bits per heavy atom. The summed E-state index contributed by atoms with van der Waals surface area (Å²) in [5.41, 5.74) is 2.10. The molecule has 0 aliphatic heterocycles. The highest BCUT2D eigenvalue weighted by Crippen LogP contribution is 2.19. The Morgan fingerprint density at radius 1 is 1.19 bits per heavy atom. The summed E-state index contributed by atoms with van der Waals surface area (Å²) in [6, 6.07) is 14.7. The molecule has 0 radical (unpaired) electrons. The predicted molar refractivity (Wildman–Crippen MR) is 103 cm³/mol. The number of rotatable bonds is 6. The van der Waals surface area contributed by atoms with Gasteiger partial charge < -0.3 is 9.84 Å². The highest BCUT2D eigenvalue weighted by Gasteiger charge is 2.07. The Labute approximate surface area is 156 Å². The van der Waals surface area contributed by atoms with Gasteiger partial charge in [-0.25, -0.2) is 5.10 Å². The molecule has 0 unspecified atom stereocenters. The highest BCUT2D eigenvalue weighted by molar-refractivity contribution is 7.71. The fourth-order valence-corrected chi connectivity index (χ4v) is 2.52. The van der Waals surface area contributed by atoms with Crippen molar-refractivity contribution < 1.29 is 9.84 Å². The average Bonchev–Trinajstić information content (AvgIpc) is 2.99. The number of aromatic nitrogens is 3. The van der Waals surface area contributed by atoms with Gasteiger partial charge in [0, 0.05) is 0 Å². The number of nitrogens with zero attached hydrogens (tertiary/aromatic N) is 3. The topological polar surface area (TPSA) is 75.4 Å². The van der Waals surface area contributed by atoms with Crippen LogP contribution in [0.25, 0.3) is 0 Å². The van der Waals surface area contributed by atoms with Crippen LogP contribution in [0.4, 0.5) is 0 Å². The lowest BCUT2D eigenvalue weighted by Gasteiger charge is -2.08. The summed E-state index contributed by atoms with van der Waals surface area (Å²) in [6.07, 6.45) is 1.64. The van der Waals surface area contributed by atoms with Gasteiger partial charge in [-0.1, -0.05) is 26.0 Å². The molecule has 0 amide bonds. The third-order valence-electron chi connectivity index (χ3n) is 3.85. The van der Waals surface area contributed by atoms with E-state index in [4.69, 9.17) is 17.0 Å². The second-order valence-corrected chi connectivity index (χ2v) is 6.49. The van der Waals surface area contributed by atoms with Crippen molar-refractivity contribution in [3.8, 4) is 11.5 Å². The van der Waals surface area contributed by atoms with E-state index in [9.17, 15) is 5.11 Å². The van der Waals surface area contributed by atoms with Crippen molar-refractivity contribution in [2.45, 2.75) is 26.4 Å². The van der Waals surface area contributed by atoms with Gasteiger partial charge in [0.25, 0.3) is 0 Å². The zero-order valence-electron chi connectivity index (χ0n) is 14.6. The van der Waals surface area contributed by atoms with E-state index in [0.29, 0.717) is 16.5 Å². The Morgan fingerprint density at radius 2 is 1.88 bits per heavy atom. The molecule has 0 atom stereocenters. The van der Waals surface area contributed by atoms with Gasteiger partial charge in [-0.15, -0.1) is 0 Å². The number of benzene rings is 2. The van der Waals surface area contributed by atoms with Crippen molar-refractivity contribution in [3.63, 3.8) is 0 Å². The van der Waals surface area contributed by atoms with E-state index >= 15 is 0 Å². The van der Waals surface area contributed by atoms with E-state index in [0.717, 1.165) is 11.3 Å². The van der Waals surface area contributed by atoms with Crippen molar-refractivity contribution in [1.82, 2.24) is 14.9 Å². The maximum absolute atomic E-state index is 9.32. The summed E-state index contributed by atoms with van der Waals surface area (Å²) in [5.74, 6) is 2.02. The first-order valence-corrected chi connectivity index (χ1v) is 8.66. The molecule has 0 aliphatic rings. The lowest BCUT2D eigenvalue weighted by atomic mass is 10.0. The molecule has 1 heterocycles. The quantitative estimate of drug-likeness (QED) is 0.504. The molecule has 2 aromatic carbocycles. The molecule has 0 saturated carbocycles. The van der Waals surface area contributed by atoms with Gasteiger partial charge in [-0.3, -0.25) is 0 Å². The van der Waals surface area contributed by atoms with Gasteiger partial charge in [0.1, 0.15) is 18.1 Å². The molecule has 7 heteroatoms.